The van der Waals surface area contributed by atoms with Gasteiger partial charge >= 0.3 is 53.8 Å². The Balaban J connectivity index is 6.76. The molecule has 0 fully saturated rings. The zero-order chi connectivity index (χ0) is 24.3. The lowest BCUT2D eigenvalue weighted by Gasteiger charge is -2.43. The van der Waals surface area contributed by atoms with Crippen molar-refractivity contribution in [2.75, 3.05) is 6.67 Å². The van der Waals surface area contributed by atoms with Crippen LogP contribution in [0.1, 0.15) is 0 Å². The van der Waals surface area contributed by atoms with E-state index in [4.69, 9.17) is 0 Å². The van der Waals surface area contributed by atoms with Crippen molar-refractivity contribution in [3.8, 4) is 0 Å². The van der Waals surface area contributed by atoms with Gasteiger partial charge in [0.15, 0.2) is 6.67 Å². The first-order valence-electron chi connectivity index (χ1n) is 6.12. The molecule has 0 N–H and O–H groups in total. The zero-order valence-electron chi connectivity index (χ0n) is 12.5. The number of rotatable bonds is 9. The molecule has 0 aromatic carbocycles. The lowest BCUT2D eigenvalue weighted by molar-refractivity contribution is -0.457. The standard InChI is InChI=1S/C10H3F19/c11-1-3(14,15)5(18,19)7(22,23)9(26,27)10(28,29)8(24,25)6(20,21)4(16,17)2(12)13/h2H,1H2. The van der Waals surface area contributed by atoms with E-state index in [1.54, 1.807) is 0 Å². The maximum atomic E-state index is 13.1. The molecule has 0 bridgehead atoms. The van der Waals surface area contributed by atoms with Crippen LogP contribution < -0.4 is 0 Å². The molecule has 0 nitrogen and oxygen atoms in total. The smallest absolute Gasteiger partial charge is 0.244 e. The van der Waals surface area contributed by atoms with Gasteiger partial charge in [-0.3, -0.25) is 0 Å². The van der Waals surface area contributed by atoms with E-state index in [1.807, 2.05) is 0 Å². The third-order valence-corrected chi connectivity index (χ3v) is 3.29. The van der Waals surface area contributed by atoms with Crippen molar-refractivity contribution in [1.29, 1.82) is 0 Å². The summed E-state index contributed by atoms with van der Waals surface area (Å²) >= 11 is 0. The Morgan fingerprint density at radius 3 is 0.897 bits per heavy atom. The van der Waals surface area contributed by atoms with E-state index in [2.05, 4.69) is 0 Å². The monoisotopic (exact) mass is 484 g/mol. The molecule has 0 aliphatic heterocycles. The van der Waals surface area contributed by atoms with Crippen molar-refractivity contribution in [2.45, 2.75) is 53.8 Å². The summed E-state index contributed by atoms with van der Waals surface area (Å²) in [6.07, 6.45) is -6.01. The van der Waals surface area contributed by atoms with Gasteiger partial charge in [-0.1, -0.05) is 0 Å². The van der Waals surface area contributed by atoms with Crippen LogP contribution in [0.15, 0.2) is 0 Å². The maximum Gasteiger partial charge on any atom is 0.385 e. The minimum Gasteiger partial charge on any atom is -0.244 e. The normalized spacial score (nSPS) is 16.6. The molecule has 0 unspecified atom stereocenters. The Morgan fingerprint density at radius 1 is 0.414 bits per heavy atom. The zero-order valence-corrected chi connectivity index (χ0v) is 12.5. The third kappa shape index (κ3) is 3.25. The predicted molar refractivity (Wildman–Crippen MR) is 51.6 cm³/mol. The number of hydrogen-bond donors (Lipinski definition) is 0. The second-order valence-corrected chi connectivity index (χ2v) is 5.21. The average molecular weight is 484 g/mol. The Kier molecular flexibility index (Phi) is 6.53. The van der Waals surface area contributed by atoms with Crippen LogP contribution in [-0.2, 0) is 0 Å². The van der Waals surface area contributed by atoms with Crippen LogP contribution in [0.3, 0.4) is 0 Å². The van der Waals surface area contributed by atoms with Gasteiger partial charge in [0.2, 0.25) is 0 Å². The molecule has 0 aliphatic carbocycles. The van der Waals surface area contributed by atoms with Crippen LogP contribution in [0.4, 0.5) is 83.4 Å². The van der Waals surface area contributed by atoms with E-state index in [9.17, 15) is 83.4 Å². The van der Waals surface area contributed by atoms with Crippen LogP contribution >= 0.6 is 0 Å². The summed E-state index contributed by atoms with van der Waals surface area (Å²) in [6.45, 7) is -3.99. The summed E-state index contributed by atoms with van der Waals surface area (Å²) in [7, 11) is 0. The first kappa shape index (κ1) is 27.7. The van der Waals surface area contributed by atoms with Crippen molar-refractivity contribution in [3.63, 3.8) is 0 Å². The average Bonchev–Trinajstić information content (AvgIpc) is 2.53. The van der Waals surface area contributed by atoms with Gasteiger partial charge < -0.3 is 0 Å². The second-order valence-electron chi connectivity index (χ2n) is 5.21. The van der Waals surface area contributed by atoms with Gasteiger partial charge in [-0.25, -0.2) is 13.2 Å². The fourth-order valence-electron chi connectivity index (χ4n) is 1.45. The molecule has 0 heterocycles. The second kappa shape index (κ2) is 6.84. The molecule has 0 rings (SSSR count). The molecule has 0 aliphatic rings. The van der Waals surface area contributed by atoms with Gasteiger partial charge in [-0.15, -0.1) is 0 Å². The maximum absolute atomic E-state index is 13.1. The van der Waals surface area contributed by atoms with Gasteiger partial charge in [0, 0.05) is 0 Å². The van der Waals surface area contributed by atoms with E-state index in [1.165, 1.54) is 0 Å². The molecule has 0 amide bonds. The third-order valence-electron chi connectivity index (χ3n) is 3.29. The van der Waals surface area contributed by atoms with Crippen molar-refractivity contribution in [1.82, 2.24) is 0 Å². The van der Waals surface area contributed by atoms with E-state index in [-0.39, 0.29) is 0 Å². The summed E-state index contributed by atoms with van der Waals surface area (Å²) < 4.78 is 240. The Hall–Kier alpha value is -1.33. The lowest BCUT2D eigenvalue weighted by atomic mass is 9.88. The van der Waals surface area contributed by atoms with Crippen LogP contribution in [0.25, 0.3) is 0 Å². The summed E-state index contributed by atoms with van der Waals surface area (Å²) in [5.74, 6) is -65.6. The highest BCUT2D eigenvalue weighted by molar-refractivity contribution is 5.16. The van der Waals surface area contributed by atoms with Crippen molar-refractivity contribution < 1.29 is 83.4 Å². The van der Waals surface area contributed by atoms with E-state index >= 15 is 0 Å². The molecule has 0 aromatic heterocycles. The van der Waals surface area contributed by atoms with Crippen molar-refractivity contribution >= 4 is 0 Å². The number of hydrogen-bond acceptors (Lipinski definition) is 0. The van der Waals surface area contributed by atoms with Gasteiger partial charge in [0.05, 0.1) is 0 Å². The molecule has 176 valence electrons. The number of halogens is 19. The fraction of sp³-hybridized carbons (Fsp3) is 1.00. The Morgan fingerprint density at radius 2 is 0.655 bits per heavy atom. The molecule has 0 aromatic rings. The first-order chi connectivity index (χ1) is 12.3. The van der Waals surface area contributed by atoms with Crippen LogP contribution in [0.2, 0.25) is 0 Å². The quantitative estimate of drug-likeness (QED) is 0.337. The van der Waals surface area contributed by atoms with E-state index < -0.39 is 60.5 Å². The topological polar surface area (TPSA) is 0 Å². The molecular formula is C10H3F19. The SMILES string of the molecule is FCC(F)(F)C(F)(F)C(F)(F)C(F)(F)C(F)(F)C(F)(F)C(F)(F)C(F)(F)C(F)F. The van der Waals surface area contributed by atoms with Gasteiger partial charge in [0.1, 0.15) is 0 Å². The van der Waals surface area contributed by atoms with E-state index in [0.29, 0.717) is 0 Å². The number of alkyl halides is 19. The van der Waals surface area contributed by atoms with E-state index in [0.717, 1.165) is 0 Å². The molecule has 0 saturated carbocycles. The molecule has 0 atom stereocenters. The van der Waals surface area contributed by atoms with Crippen LogP contribution in [0.5, 0.6) is 0 Å². The Bertz CT molecular complexity index is 586. The highest BCUT2D eigenvalue weighted by atomic mass is 19.4. The first-order valence-corrected chi connectivity index (χ1v) is 6.12. The molecule has 29 heavy (non-hydrogen) atoms. The Labute approximate surface area is 145 Å². The summed E-state index contributed by atoms with van der Waals surface area (Å²) in [5.41, 5.74) is 0. The van der Waals surface area contributed by atoms with Gasteiger partial charge in [-0.05, 0) is 0 Å². The van der Waals surface area contributed by atoms with Gasteiger partial charge in [-0.2, -0.15) is 70.2 Å². The van der Waals surface area contributed by atoms with Crippen LogP contribution in [0, 0.1) is 0 Å². The molecular weight excluding hydrogens is 481 g/mol. The molecule has 19 heteroatoms. The molecule has 0 saturated heterocycles. The minimum absolute atomic E-state index is 3.99. The largest absolute Gasteiger partial charge is 0.385 e. The molecule has 0 radical (unpaired) electrons. The van der Waals surface area contributed by atoms with Gasteiger partial charge in [0.25, 0.3) is 0 Å². The van der Waals surface area contributed by atoms with Crippen molar-refractivity contribution in [3.05, 3.63) is 0 Å². The van der Waals surface area contributed by atoms with Crippen LogP contribution in [-0.4, -0.2) is 60.5 Å². The van der Waals surface area contributed by atoms with Crippen molar-refractivity contribution in [2.24, 2.45) is 0 Å². The fourth-order valence-corrected chi connectivity index (χ4v) is 1.45. The summed E-state index contributed by atoms with van der Waals surface area (Å²) in [4.78, 5) is 0. The lowest BCUT2D eigenvalue weighted by Crippen LogP contribution is -2.75. The minimum atomic E-state index is -8.79. The predicted octanol–water partition coefficient (Wildman–Crippen LogP) is 6.30. The summed E-state index contributed by atoms with van der Waals surface area (Å²) in [6, 6.07) is 0. The highest BCUT2D eigenvalue weighted by Gasteiger charge is 2.95. The molecule has 0 spiro atoms. The summed E-state index contributed by atoms with van der Waals surface area (Å²) in [5, 5.41) is 0. The highest BCUT2D eigenvalue weighted by Crippen LogP contribution is 2.64.